The van der Waals surface area contributed by atoms with Gasteiger partial charge in [0.1, 0.15) is 0 Å². The molecule has 0 aliphatic carbocycles. The van der Waals surface area contributed by atoms with Crippen LogP contribution in [0.5, 0.6) is 0 Å². The Kier molecular flexibility index (Phi) is 8.63. The number of hydrogen-bond acceptors (Lipinski definition) is 3. The molecule has 1 saturated heterocycles. The van der Waals surface area contributed by atoms with Crippen LogP contribution in [0.2, 0.25) is 0 Å². The van der Waals surface area contributed by atoms with Gasteiger partial charge in [-0.15, -0.1) is 0 Å². The molecule has 0 amide bonds. The largest absolute Gasteiger partial charge is 0.379 e. The standard InChI is InChI=1S/C19H31N3O2/c1-3-16-8-4-5-9-17(16)14-22-19(20-2)21-11-7-12-23-15-18-10-6-13-24-18/h4-5,8-9,18H,3,6-7,10-15H2,1-2H3,(H2,20,21,22). The smallest absolute Gasteiger partial charge is 0.191 e. The zero-order valence-electron chi connectivity index (χ0n) is 15.0. The van der Waals surface area contributed by atoms with E-state index in [0.717, 1.165) is 58.1 Å². The minimum Gasteiger partial charge on any atom is -0.379 e. The number of ether oxygens (including phenoxy) is 2. The van der Waals surface area contributed by atoms with Crippen molar-refractivity contribution >= 4 is 5.96 Å². The highest BCUT2D eigenvalue weighted by molar-refractivity contribution is 5.79. The number of nitrogens with zero attached hydrogens (tertiary/aromatic N) is 1. The molecule has 0 radical (unpaired) electrons. The summed E-state index contributed by atoms with van der Waals surface area (Å²) in [6.45, 7) is 6.18. The van der Waals surface area contributed by atoms with Gasteiger partial charge in [0.15, 0.2) is 5.96 Å². The molecule has 5 heteroatoms. The first-order chi connectivity index (χ1) is 11.8. The van der Waals surface area contributed by atoms with Crippen molar-refractivity contribution < 1.29 is 9.47 Å². The SMILES string of the molecule is CCc1ccccc1CNC(=NC)NCCCOCC1CCCO1. The first kappa shape index (κ1) is 18.7. The summed E-state index contributed by atoms with van der Waals surface area (Å²) in [5.41, 5.74) is 2.70. The van der Waals surface area contributed by atoms with Gasteiger partial charge in [0.05, 0.1) is 12.7 Å². The molecule has 2 rings (SSSR count). The molecule has 1 heterocycles. The van der Waals surface area contributed by atoms with Crippen LogP contribution in [-0.4, -0.2) is 45.5 Å². The first-order valence-corrected chi connectivity index (χ1v) is 9.04. The predicted molar refractivity (Wildman–Crippen MR) is 98.4 cm³/mol. The molecule has 1 fully saturated rings. The van der Waals surface area contributed by atoms with E-state index in [-0.39, 0.29) is 0 Å². The molecular weight excluding hydrogens is 302 g/mol. The Morgan fingerprint density at radius 1 is 1.29 bits per heavy atom. The van der Waals surface area contributed by atoms with E-state index in [1.54, 1.807) is 7.05 Å². The van der Waals surface area contributed by atoms with Crippen molar-refractivity contribution in [3.8, 4) is 0 Å². The van der Waals surface area contributed by atoms with E-state index in [2.05, 4.69) is 46.8 Å². The van der Waals surface area contributed by atoms with Crippen LogP contribution in [0.3, 0.4) is 0 Å². The van der Waals surface area contributed by atoms with Crippen LogP contribution >= 0.6 is 0 Å². The molecule has 1 aliphatic heterocycles. The Balaban J connectivity index is 1.58. The zero-order valence-corrected chi connectivity index (χ0v) is 15.0. The van der Waals surface area contributed by atoms with Gasteiger partial charge in [-0.1, -0.05) is 31.2 Å². The van der Waals surface area contributed by atoms with Crippen molar-refractivity contribution in [2.45, 2.75) is 45.3 Å². The topological polar surface area (TPSA) is 54.9 Å². The fourth-order valence-electron chi connectivity index (χ4n) is 2.85. The highest BCUT2D eigenvalue weighted by Crippen LogP contribution is 2.11. The normalized spacial score (nSPS) is 17.9. The van der Waals surface area contributed by atoms with Gasteiger partial charge in [-0.25, -0.2) is 0 Å². The Morgan fingerprint density at radius 3 is 2.83 bits per heavy atom. The fourth-order valence-corrected chi connectivity index (χ4v) is 2.85. The van der Waals surface area contributed by atoms with E-state index >= 15 is 0 Å². The molecule has 24 heavy (non-hydrogen) atoms. The third-order valence-corrected chi connectivity index (χ3v) is 4.25. The number of aliphatic imine (C=N–C) groups is 1. The molecule has 0 aromatic heterocycles. The lowest BCUT2D eigenvalue weighted by atomic mass is 10.1. The van der Waals surface area contributed by atoms with E-state index in [0.29, 0.717) is 6.10 Å². The molecule has 134 valence electrons. The van der Waals surface area contributed by atoms with Gasteiger partial charge >= 0.3 is 0 Å². The Morgan fingerprint density at radius 2 is 2.12 bits per heavy atom. The maximum atomic E-state index is 5.67. The van der Waals surface area contributed by atoms with Crippen molar-refractivity contribution in [1.29, 1.82) is 0 Å². The summed E-state index contributed by atoms with van der Waals surface area (Å²) >= 11 is 0. The van der Waals surface area contributed by atoms with E-state index in [1.807, 2.05) is 0 Å². The molecule has 0 saturated carbocycles. The van der Waals surface area contributed by atoms with E-state index in [9.17, 15) is 0 Å². The summed E-state index contributed by atoms with van der Waals surface area (Å²) in [6, 6.07) is 8.51. The average molecular weight is 333 g/mol. The quantitative estimate of drug-likeness (QED) is 0.414. The maximum absolute atomic E-state index is 5.67. The van der Waals surface area contributed by atoms with Crippen molar-refractivity contribution in [3.05, 3.63) is 35.4 Å². The van der Waals surface area contributed by atoms with E-state index in [4.69, 9.17) is 9.47 Å². The van der Waals surface area contributed by atoms with Crippen molar-refractivity contribution in [1.82, 2.24) is 10.6 Å². The fraction of sp³-hybridized carbons (Fsp3) is 0.632. The lowest BCUT2D eigenvalue weighted by Gasteiger charge is -2.14. The van der Waals surface area contributed by atoms with E-state index < -0.39 is 0 Å². The third-order valence-electron chi connectivity index (χ3n) is 4.25. The second-order valence-corrected chi connectivity index (χ2v) is 6.04. The van der Waals surface area contributed by atoms with Crippen molar-refractivity contribution in [2.24, 2.45) is 4.99 Å². The highest BCUT2D eigenvalue weighted by Gasteiger charge is 2.14. The van der Waals surface area contributed by atoms with Gasteiger partial charge in [-0.05, 0) is 36.8 Å². The minimum absolute atomic E-state index is 0.311. The molecule has 2 N–H and O–H groups in total. The van der Waals surface area contributed by atoms with Gasteiger partial charge in [0.25, 0.3) is 0 Å². The minimum atomic E-state index is 0.311. The van der Waals surface area contributed by atoms with Crippen LogP contribution in [0.15, 0.2) is 29.3 Å². The summed E-state index contributed by atoms with van der Waals surface area (Å²) in [6.07, 6.45) is 4.61. The number of nitrogens with one attached hydrogen (secondary N) is 2. The second-order valence-electron chi connectivity index (χ2n) is 6.04. The molecule has 1 unspecified atom stereocenters. The van der Waals surface area contributed by atoms with E-state index in [1.165, 1.54) is 17.5 Å². The summed E-state index contributed by atoms with van der Waals surface area (Å²) in [5, 5.41) is 6.71. The Bertz CT molecular complexity index is 499. The summed E-state index contributed by atoms with van der Waals surface area (Å²) < 4.78 is 11.2. The maximum Gasteiger partial charge on any atom is 0.191 e. The molecule has 5 nitrogen and oxygen atoms in total. The van der Waals surface area contributed by atoms with Crippen LogP contribution in [0.1, 0.15) is 37.3 Å². The lowest BCUT2D eigenvalue weighted by Crippen LogP contribution is -2.37. The van der Waals surface area contributed by atoms with Gasteiger partial charge in [0, 0.05) is 33.4 Å². The molecule has 0 bridgehead atoms. The number of aryl methyl sites for hydroxylation is 1. The molecule has 1 aromatic rings. The van der Waals surface area contributed by atoms with Crippen LogP contribution in [-0.2, 0) is 22.4 Å². The summed E-state index contributed by atoms with van der Waals surface area (Å²) in [7, 11) is 1.80. The number of hydrogen-bond donors (Lipinski definition) is 2. The number of guanidine groups is 1. The van der Waals surface area contributed by atoms with Crippen LogP contribution in [0.25, 0.3) is 0 Å². The number of rotatable bonds is 9. The third kappa shape index (κ3) is 6.49. The van der Waals surface area contributed by atoms with Gasteiger partial charge in [-0.2, -0.15) is 0 Å². The first-order valence-electron chi connectivity index (χ1n) is 9.04. The van der Waals surface area contributed by atoms with Gasteiger partial charge in [0.2, 0.25) is 0 Å². The Labute approximate surface area is 145 Å². The molecule has 1 aromatic carbocycles. The summed E-state index contributed by atoms with van der Waals surface area (Å²) in [4.78, 5) is 4.27. The molecular formula is C19H31N3O2. The summed E-state index contributed by atoms with van der Waals surface area (Å²) in [5.74, 6) is 0.833. The highest BCUT2D eigenvalue weighted by atomic mass is 16.5. The van der Waals surface area contributed by atoms with Gasteiger partial charge < -0.3 is 20.1 Å². The van der Waals surface area contributed by atoms with Crippen LogP contribution in [0, 0.1) is 0 Å². The van der Waals surface area contributed by atoms with Gasteiger partial charge in [-0.3, -0.25) is 4.99 Å². The zero-order chi connectivity index (χ0) is 17.0. The van der Waals surface area contributed by atoms with Crippen molar-refractivity contribution in [3.63, 3.8) is 0 Å². The monoisotopic (exact) mass is 333 g/mol. The van der Waals surface area contributed by atoms with Crippen molar-refractivity contribution in [2.75, 3.05) is 33.4 Å². The second kappa shape index (κ2) is 11.0. The molecule has 0 spiro atoms. The predicted octanol–water partition coefficient (Wildman–Crippen LogP) is 2.50. The number of benzene rings is 1. The average Bonchev–Trinajstić information content (AvgIpc) is 3.14. The van der Waals surface area contributed by atoms with Crippen LogP contribution in [0.4, 0.5) is 0 Å². The Hall–Kier alpha value is -1.59. The lowest BCUT2D eigenvalue weighted by molar-refractivity contribution is 0.0168. The molecule has 1 atom stereocenters. The molecule has 1 aliphatic rings. The van der Waals surface area contributed by atoms with Crippen LogP contribution < -0.4 is 10.6 Å².